The predicted molar refractivity (Wildman–Crippen MR) is 139 cm³/mol. The molecule has 0 saturated carbocycles. The van der Waals surface area contributed by atoms with E-state index in [0.717, 1.165) is 36.8 Å². The average Bonchev–Trinajstić information content (AvgIpc) is 2.88. The van der Waals surface area contributed by atoms with Crippen LogP contribution in [-0.4, -0.2) is 19.9 Å². The third kappa shape index (κ3) is 4.79. The van der Waals surface area contributed by atoms with Gasteiger partial charge in [0.15, 0.2) is 17.5 Å². The number of nitrogens with zero attached hydrogens (tertiary/aromatic N) is 5. The van der Waals surface area contributed by atoms with E-state index in [-0.39, 0.29) is 0 Å². The van der Waals surface area contributed by atoms with E-state index in [2.05, 4.69) is 42.9 Å². The van der Waals surface area contributed by atoms with Crippen LogP contribution in [0.4, 0.5) is 0 Å². The number of benzene rings is 3. The summed E-state index contributed by atoms with van der Waals surface area (Å²) in [5, 5.41) is 9.02. The fraction of sp³-hybridized carbons (Fsp3) is 0. The first-order valence-corrected chi connectivity index (χ1v) is 11.9. The summed E-state index contributed by atoms with van der Waals surface area (Å²) in [6.45, 7) is 0. The minimum atomic E-state index is 0.556. The van der Waals surface area contributed by atoms with Crippen LogP contribution in [-0.2, 0) is 0 Å². The second-order valence-electron chi connectivity index (χ2n) is 7.47. The molecule has 2 aromatic heterocycles. The largest absolute Gasteiger partial charge is 0.264 e. The number of pyridine rings is 1. The molecule has 5 nitrogen and oxygen atoms in total. The van der Waals surface area contributed by atoms with Gasteiger partial charge in [-0.2, -0.15) is 5.26 Å². The summed E-state index contributed by atoms with van der Waals surface area (Å²) in [7, 11) is 0. The third-order valence-corrected chi connectivity index (χ3v) is 6.08. The first-order valence-electron chi connectivity index (χ1n) is 10.3. The van der Waals surface area contributed by atoms with E-state index in [9.17, 15) is 0 Å². The molecule has 2 heterocycles. The van der Waals surface area contributed by atoms with Gasteiger partial charge in [0.1, 0.15) is 0 Å². The van der Waals surface area contributed by atoms with Crippen LogP contribution in [0.5, 0.6) is 0 Å². The van der Waals surface area contributed by atoms with Crippen LogP contribution in [0.1, 0.15) is 5.56 Å². The van der Waals surface area contributed by atoms with Crippen LogP contribution in [0.25, 0.3) is 45.3 Å². The van der Waals surface area contributed by atoms with Gasteiger partial charge in [-0.05, 0) is 53.6 Å². The van der Waals surface area contributed by atoms with E-state index in [1.807, 2.05) is 78.9 Å². The van der Waals surface area contributed by atoms with E-state index < -0.39 is 0 Å². The molecule has 0 amide bonds. The smallest absolute Gasteiger partial charge is 0.165 e. The van der Waals surface area contributed by atoms with E-state index in [1.54, 1.807) is 12.4 Å². The molecule has 0 fully saturated rings. The fourth-order valence-electron chi connectivity index (χ4n) is 3.49. The average molecular weight is 569 g/mol. The Bertz CT molecular complexity index is 1490. The number of hydrogen-bond donors (Lipinski definition) is 0. The molecule has 0 bridgehead atoms. The third-order valence-electron chi connectivity index (χ3n) is 5.17. The van der Waals surface area contributed by atoms with E-state index >= 15 is 0 Å². The standard InChI is InChI=1S/C27H15Br2N5/c28-23-12-22(13-24(29)14-23)27-33-25(32-26(34-27)21-2-1-11-31-16-21)20-9-7-19(8-10-20)18-5-3-17(15-30)4-6-18/h1-14,16H. The highest BCUT2D eigenvalue weighted by atomic mass is 79.9. The van der Waals surface area contributed by atoms with Crippen molar-refractivity contribution in [3.05, 3.63) is 106 Å². The first-order chi connectivity index (χ1) is 16.6. The molecular formula is C27H15Br2N5. The summed E-state index contributed by atoms with van der Waals surface area (Å²) in [5.74, 6) is 1.70. The number of hydrogen-bond acceptors (Lipinski definition) is 5. The van der Waals surface area contributed by atoms with Gasteiger partial charge in [-0.1, -0.05) is 68.3 Å². The Balaban J connectivity index is 1.59. The Morgan fingerprint density at radius 1 is 0.588 bits per heavy atom. The second-order valence-corrected chi connectivity index (χ2v) is 9.30. The van der Waals surface area contributed by atoms with Crippen LogP contribution in [0.15, 0.2) is 100 Å². The normalized spacial score (nSPS) is 10.6. The molecule has 0 saturated heterocycles. The SMILES string of the molecule is N#Cc1ccc(-c2ccc(-c3nc(-c4cccnc4)nc(-c4cc(Br)cc(Br)c4)n3)cc2)cc1. The molecule has 7 heteroatoms. The maximum Gasteiger partial charge on any atom is 0.165 e. The zero-order chi connectivity index (χ0) is 23.5. The quantitative estimate of drug-likeness (QED) is 0.227. The molecule has 5 rings (SSSR count). The second kappa shape index (κ2) is 9.64. The van der Waals surface area contributed by atoms with Crippen molar-refractivity contribution in [2.45, 2.75) is 0 Å². The number of rotatable bonds is 4. The van der Waals surface area contributed by atoms with Crippen molar-refractivity contribution in [3.63, 3.8) is 0 Å². The van der Waals surface area contributed by atoms with Gasteiger partial charge in [0.25, 0.3) is 0 Å². The molecule has 0 aliphatic rings. The van der Waals surface area contributed by atoms with Gasteiger partial charge in [-0.15, -0.1) is 0 Å². The molecule has 0 atom stereocenters. The monoisotopic (exact) mass is 567 g/mol. The van der Waals surface area contributed by atoms with E-state index in [1.165, 1.54) is 0 Å². The summed E-state index contributed by atoms with van der Waals surface area (Å²) in [5.41, 5.74) is 5.28. The predicted octanol–water partition coefficient (Wildman–Crippen LogP) is 7.33. The van der Waals surface area contributed by atoms with Crippen LogP contribution >= 0.6 is 31.9 Å². The molecule has 0 unspecified atom stereocenters. The first kappa shape index (κ1) is 22.1. The summed E-state index contributed by atoms with van der Waals surface area (Å²) in [6, 6.07) is 27.4. The van der Waals surface area contributed by atoms with Crippen LogP contribution in [0.2, 0.25) is 0 Å². The highest BCUT2D eigenvalue weighted by Gasteiger charge is 2.13. The minimum Gasteiger partial charge on any atom is -0.264 e. The lowest BCUT2D eigenvalue weighted by Crippen LogP contribution is -2.00. The maximum atomic E-state index is 9.02. The van der Waals surface area contributed by atoms with Gasteiger partial charge in [-0.25, -0.2) is 15.0 Å². The molecule has 5 aromatic rings. The Kier molecular flexibility index (Phi) is 6.26. The molecule has 0 N–H and O–H groups in total. The van der Waals surface area contributed by atoms with Crippen molar-refractivity contribution >= 4 is 31.9 Å². The lowest BCUT2D eigenvalue weighted by molar-refractivity contribution is 1.07. The van der Waals surface area contributed by atoms with Crippen molar-refractivity contribution in [2.24, 2.45) is 0 Å². The Labute approximate surface area is 213 Å². The van der Waals surface area contributed by atoms with Crippen molar-refractivity contribution in [3.8, 4) is 51.4 Å². The van der Waals surface area contributed by atoms with Gasteiger partial charge in [0.05, 0.1) is 11.6 Å². The number of aromatic nitrogens is 4. The molecular weight excluding hydrogens is 554 g/mol. The molecule has 0 radical (unpaired) electrons. The van der Waals surface area contributed by atoms with E-state index in [4.69, 9.17) is 20.2 Å². The van der Waals surface area contributed by atoms with Crippen molar-refractivity contribution in [1.29, 1.82) is 5.26 Å². The summed E-state index contributed by atoms with van der Waals surface area (Å²) in [4.78, 5) is 18.5. The number of nitriles is 1. The van der Waals surface area contributed by atoms with Gasteiger partial charge in [0, 0.05) is 38.0 Å². The highest BCUT2D eigenvalue weighted by molar-refractivity contribution is 9.11. The highest BCUT2D eigenvalue weighted by Crippen LogP contribution is 2.29. The Morgan fingerprint density at radius 3 is 1.68 bits per heavy atom. The number of halogens is 2. The summed E-state index contributed by atoms with van der Waals surface area (Å²) >= 11 is 7.09. The van der Waals surface area contributed by atoms with Gasteiger partial charge >= 0.3 is 0 Å². The summed E-state index contributed by atoms with van der Waals surface area (Å²) < 4.78 is 1.85. The van der Waals surface area contributed by atoms with E-state index in [0.29, 0.717) is 23.0 Å². The van der Waals surface area contributed by atoms with Gasteiger partial charge in [-0.3, -0.25) is 4.98 Å². The van der Waals surface area contributed by atoms with Gasteiger partial charge in [0.2, 0.25) is 0 Å². The summed E-state index contributed by atoms with van der Waals surface area (Å²) in [6.07, 6.45) is 3.47. The zero-order valence-corrected chi connectivity index (χ0v) is 20.8. The maximum absolute atomic E-state index is 9.02. The Hall–Kier alpha value is -3.73. The molecule has 34 heavy (non-hydrogen) atoms. The Morgan fingerprint density at radius 2 is 1.12 bits per heavy atom. The lowest BCUT2D eigenvalue weighted by atomic mass is 10.0. The molecule has 0 aliphatic heterocycles. The topological polar surface area (TPSA) is 75.3 Å². The van der Waals surface area contributed by atoms with Crippen LogP contribution < -0.4 is 0 Å². The van der Waals surface area contributed by atoms with Crippen molar-refractivity contribution in [1.82, 2.24) is 19.9 Å². The zero-order valence-electron chi connectivity index (χ0n) is 17.7. The minimum absolute atomic E-state index is 0.556. The van der Waals surface area contributed by atoms with Crippen LogP contribution in [0.3, 0.4) is 0 Å². The lowest BCUT2D eigenvalue weighted by Gasteiger charge is -2.09. The van der Waals surface area contributed by atoms with Gasteiger partial charge < -0.3 is 0 Å². The van der Waals surface area contributed by atoms with Crippen LogP contribution in [0, 0.1) is 11.3 Å². The van der Waals surface area contributed by atoms with Crippen molar-refractivity contribution in [2.75, 3.05) is 0 Å². The molecule has 162 valence electrons. The molecule has 3 aromatic carbocycles. The fourth-order valence-corrected chi connectivity index (χ4v) is 4.78. The molecule has 0 spiro atoms. The molecule has 0 aliphatic carbocycles. The van der Waals surface area contributed by atoms with Crippen molar-refractivity contribution < 1.29 is 0 Å².